The Morgan fingerprint density at radius 2 is 2.08 bits per heavy atom. The van der Waals surface area contributed by atoms with E-state index < -0.39 is 34.2 Å². The molecule has 0 saturated carbocycles. The molecule has 25 heavy (non-hydrogen) atoms. The molecule has 2 unspecified atom stereocenters. The van der Waals surface area contributed by atoms with E-state index in [9.17, 15) is 13.2 Å². The van der Waals surface area contributed by atoms with Crippen LogP contribution in [-0.2, 0) is 25.2 Å². The molecule has 0 fully saturated rings. The Morgan fingerprint density at radius 1 is 1.44 bits per heavy atom. The minimum absolute atomic E-state index is 0.134. The van der Waals surface area contributed by atoms with Crippen molar-refractivity contribution in [3.05, 3.63) is 29.3 Å². The quantitative estimate of drug-likeness (QED) is 0.792. The van der Waals surface area contributed by atoms with E-state index in [4.69, 9.17) is 18.8 Å². The van der Waals surface area contributed by atoms with E-state index in [1.807, 2.05) is 26.8 Å². The van der Waals surface area contributed by atoms with Crippen LogP contribution in [0, 0.1) is 0 Å². The number of amides is 1. The number of nitrogens with zero attached hydrogens (tertiary/aromatic N) is 1. The van der Waals surface area contributed by atoms with Crippen molar-refractivity contribution >= 4 is 16.4 Å². The van der Waals surface area contributed by atoms with Crippen LogP contribution in [-0.4, -0.2) is 43.3 Å². The molecule has 0 aromatic heterocycles. The number of ether oxygens (including phenoxy) is 3. The van der Waals surface area contributed by atoms with Crippen LogP contribution >= 0.6 is 0 Å². The van der Waals surface area contributed by atoms with Gasteiger partial charge in [-0.3, -0.25) is 4.55 Å². The Kier molecular flexibility index (Phi) is 5.31. The molecule has 0 spiro atoms. The second kappa shape index (κ2) is 6.81. The van der Waals surface area contributed by atoms with Crippen molar-refractivity contribution in [3.8, 4) is 5.75 Å². The van der Waals surface area contributed by atoms with Gasteiger partial charge in [0, 0.05) is 19.2 Å². The lowest BCUT2D eigenvalue weighted by Gasteiger charge is -2.25. The molecule has 140 valence electrons. The number of hydrogen-bond acceptors (Lipinski definition) is 6. The number of hydrogen-bond donors (Lipinski definition) is 1. The molecule has 1 aromatic rings. The van der Waals surface area contributed by atoms with Crippen molar-refractivity contribution in [1.29, 1.82) is 0 Å². The fourth-order valence-corrected chi connectivity index (χ4v) is 2.81. The molecular weight excluding hydrogens is 350 g/mol. The van der Waals surface area contributed by atoms with Gasteiger partial charge in [0.05, 0.1) is 5.41 Å². The molecule has 0 aliphatic carbocycles. The lowest BCUT2D eigenvalue weighted by Crippen LogP contribution is -2.34. The summed E-state index contributed by atoms with van der Waals surface area (Å²) >= 11 is 0. The monoisotopic (exact) mass is 373 g/mol. The first kappa shape index (κ1) is 19.5. The van der Waals surface area contributed by atoms with Crippen LogP contribution < -0.4 is 4.74 Å². The number of carbonyl (C=O) groups excluding carboxylic acids is 1. The number of fused-ring (bicyclic) bond motifs is 1. The smallest absolute Gasteiger partial charge is 0.425 e. The van der Waals surface area contributed by atoms with E-state index in [1.54, 1.807) is 19.1 Å². The van der Waals surface area contributed by atoms with Gasteiger partial charge >= 0.3 is 16.4 Å². The molecular formula is C16H23NO7S. The van der Waals surface area contributed by atoms with Gasteiger partial charge in [-0.25, -0.2) is 4.79 Å². The summed E-state index contributed by atoms with van der Waals surface area (Å²) in [4.78, 5) is 11.8. The first-order valence-electron chi connectivity index (χ1n) is 7.83. The van der Waals surface area contributed by atoms with Crippen molar-refractivity contribution in [2.24, 2.45) is 0 Å². The molecule has 9 heteroatoms. The predicted molar refractivity (Wildman–Crippen MR) is 89.7 cm³/mol. The largest absolute Gasteiger partial charge is 0.464 e. The van der Waals surface area contributed by atoms with E-state index in [1.165, 1.54) is 0 Å². The molecule has 1 aromatic carbocycles. The van der Waals surface area contributed by atoms with Crippen molar-refractivity contribution in [1.82, 2.24) is 4.31 Å². The zero-order valence-corrected chi connectivity index (χ0v) is 15.7. The maximum atomic E-state index is 11.8. The number of carbonyl (C=O) groups is 1. The summed E-state index contributed by atoms with van der Waals surface area (Å²) in [6.07, 6.45) is -2.30. The summed E-state index contributed by atoms with van der Waals surface area (Å²) in [5.41, 5.74) is 1.19. The van der Waals surface area contributed by atoms with Gasteiger partial charge < -0.3 is 14.2 Å². The van der Waals surface area contributed by atoms with Crippen molar-refractivity contribution in [3.63, 3.8) is 0 Å². The van der Waals surface area contributed by atoms with Gasteiger partial charge in [-0.05, 0) is 45.4 Å². The predicted octanol–water partition coefficient (Wildman–Crippen LogP) is 2.65. The third kappa shape index (κ3) is 3.88. The minimum atomic E-state index is -4.65. The van der Waals surface area contributed by atoms with Crippen molar-refractivity contribution in [2.45, 2.75) is 45.5 Å². The van der Waals surface area contributed by atoms with E-state index >= 15 is 0 Å². The third-order valence-corrected chi connectivity index (χ3v) is 5.03. The molecule has 1 aliphatic heterocycles. The molecule has 1 N–H and O–H groups in total. The third-order valence-electron chi connectivity index (χ3n) is 4.19. The van der Waals surface area contributed by atoms with E-state index in [2.05, 4.69) is 0 Å². The Morgan fingerprint density at radius 3 is 2.64 bits per heavy atom. The van der Waals surface area contributed by atoms with Crippen LogP contribution in [0.5, 0.6) is 5.75 Å². The molecule has 8 nitrogen and oxygen atoms in total. The summed E-state index contributed by atoms with van der Waals surface area (Å²) in [6, 6.07) is 5.34. The molecule has 1 amide bonds. The summed E-state index contributed by atoms with van der Waals surface area (Å²) < 4.78 is 47.5. The fraction of sp³-hybridized carbons (Fsp3) is 0.562. The summed E-state index contributed by atoms with van der Waals surface area (Å²) in [5.74, 6) is 0.695. The second-order valence-corrected chi connectivity index (χ2v) is 7.80. The first-order valence-corrected chi connectivity index (χ1v) is 9.22. The Bertz CT molecular complexity index is 760. The molecule has 1 heterocycles. The van der Waals surface area contributed by atoms with Crippen LogP contribution in [0.1, 0.15) is 44.9 Å². The average molecular weight is 373 g/mol. The van der Waals surface area contributed by atoms with Crippen molar-refractivity contribution in [2.75, 3.05) is 13.7 Å². The SMILES string of the molecule is CCOC1Oc2ccc(C(C)OC(=O)N(C)S(=O)(=O)O)cc2C1(C)C. The van der Waals surface area contributed by atoms with E-state index in [-0.39, 0.29) is 4.31 Å². The minimum Gasteiger partial charge on any atom is -0.464 e. The number of rotatable bonds is 5. The average Bonchev–Trinajstić information content (AvgIpc) is 2.76. The van der Waals surface area contributed by atoms with Gasteiger partial charge in [-0.15, -0.1) is 0 Å². The van der Waals surface area contributed by atoms with Crippen LogP contribution in [0.25, 0.3) is 0 Å². The van der Waals surface area contributed by atoms with Crippen LogP contribution in [0.15, 0.2) is 18.2 Å². The summed E-state index contributed by atoms with van der Waals surface area (Å²) in [7, 11) is -3.74. The van der Waals surface area contributed by atoms with Gasteiger partial charge in [0.1, 0.15) is 11.9 Å². The highest BCUT2D eigenvalue weighted by Crippen LogP contribution is 2.44. The Labute approximate surface area is 147 Å². The van der Waals surface area contributed by atoms with Gasteiger partial charge in [0.25, 0.3) is 0 Å². The van der Waals surface area contributed by atoms with Crippen LogP contribution in [0.4, 0.5) is 4.79 Å². The molecule has 0 saturated heterocycles. The van der Waals surface area contributed by atoms with Gasteiger partial charge in [0.2, 0.25) is 6.29 Å². The summed E-state index contributed by atoms with van der Waals surface area (Å²) in [5, 5.41) is 0. The van der Waals surface area contributed by atoms with E-state index in [0.29, 0.717) is 17.9 Å². The maximum Gasteiger partial charge on any atom is 0.425 e. The highest BCUT2D eigenvalue weighted by Gasteiger charge is 2.42. The Balaban J connectivity index is 2.21. The molecule has 0 radical (unpaired) electrons. The zero-order chi connectivity index (χ0) is 19.0. The lowest BCUT2D eigenvalue weighted by molar-refractivity contribution is -0.0981. The molecule has 2 rings (SSSR count). The highest BCUT2D eigenvalue weighted by molar-refractivity contribution is 7.83. The Hall–Kier alpha value is -1.84. The zero-order valence-electron chi connectivity index (χ0n) is 14.8. The van der Waals surface area contributed by atoms with Gasteiger partial charge in [-0.2, -0.15) is 12.7 Å². The normalized spacial score (nSPS) is 19.7. The topological polar surface area (TPSA) is 102 Å². The standard InChI is InChI=1S/C16H23NO7S/c1-6-22-14-16(3,4)12-9-11(7-8-13(12)24-14)10(2)23-15(18)17(5)25(19,20)21/h7-10,14H,6H2,1-5H3,(H,19,20,21). The van der Waals surface area contributed by atoms with Gasteiger partial charge in [-0.1, -0.05) is 6.07 Å². The molecule has 1 aliphatic rings. The van der Waals surface area contributed by atoms with Crippen molar-refractivity contribution < 1.29 is 32.0 Å². The maximum absolute atomic E-state index is 11.8. The number of benzene rings is 1. The highest BCUT2D eigenvalue weighted by atomic mass is 32.2. The molecule has 0 bridgehead atoms. The first-order chi connectivity index (χ1) is 11.5. The fourth-order valence-electron chi connectivity index (χ4n) is 2.58. The molecule has 2 atom stereocenters. The van der Waals surface area contributed by atoms with Crippen LogP contribution in [0.2, 0.25) is 0 Å². The summed E-state index contributed by atoms with van der Waals surface area (Å²) in [6.45, 7) is 8.00. The van der Waals surface area contributed by atoms with Crippen LogP contribution in [0.3, 0.4) is 0 Å². The van der Waals surface area contributed by atoms with E-state index in [0.717, 1.165) is 12.6 Å². The lowest BCUT2D eigenvalue weighted by atomic mass is 9.84. The van der Waals surface area contributed by atoms with Gasteiger partial charge in [0.15, 0.2) is 0 Å². The second-order valence-electron chi connectivity index (χ2n) is 6.35.